The molecule has 0 aliphatic rings. The van der Waals surface area contributed by atoms with Gasteiger partial charge in [0.1, 0.15) is 0 Å². The predicted molar refractivity (Wildman–Crippen MR) is 90.3 cm³/mol. The molecule has 1 N–H and O–H groups in total. The molecule has 0 saturated carbocycles. The Bertz CT molecular complexity index is 604. The van der Waals surface area contributed by atoms with Crippen LogP contribution >= 0.6 is 15.9 Å². The maximum Gasteiger partial charge on any atom is 0.0361 e. The highest BCUT2D eigenvalue weighted by Crippen LogP contribution is 2.27. The smallest absolute Gasteiger partial charge is 0.0361 e. The van der Waals surface area contributed by atoms with Crippen LogP contribution in [0.5, 0.6) is 0 Å². The van der Waals surface area contributed by atoms with Crippen molar-refractivity contribution >= 4 is 15.9 Å². The van der Waals surface area contributed by atoms with E-state index in [1.165, 1.54) is 32.3 Å². The Morgan fingerprint density at radius 2 is 1.65 bits per heavy atom. The second-order valence-corrected chi connectivity index (χ2v) is 6.28. The van der Waals surface area contributed by atoms with Crippen molar-refractivity contribution in [3.63, 3.8) is 0 Å². The molecule has 1 atom stereocenters. The van der Waals surface area contributed by atoms with Gasteiger partial charge in [-0.2, -0.15) is 0 Å². The van der Waals surface area contributed by atoms with E-state index >= 15 is 0 Å². The summed E-state index contributed by atoms with van der Waals surface area (Å²) in [5, 5.41) is 3.46. The Hall–Kier alpha value is -1.12. The van der Waals surface area contributed by atoms with E-state index in [1.54, 1.807) is 0 Å². The van der Waals surface area contributed by atoms with Crippen LogP contribution in [0, 0.1) is 20.8 Å². The van der Waals surface area contributed by atoms with Gasteiger partial charge in [-0.15, -0.1) is 0 Å². The van der Waals surface area contributed by atoms with Crippen LogP contribution in [-0.2, 0) is 6.42 Å². The molecule has 0 spiro atoms. The average molecular weight is 332 g/mol. The monoisotopic (exact) mass is 331 g/mol. The molecule has 0 heterocycles. The molecular formula is C18H22BrN. The summed E-state index contributed by atoms with van der Waals surface area (Å²) < 4.78 is 1.18. The van der Waals surface area contributed by atoms with Crippen molar-refractivity contribution in [2.75, 3.05) is 7.05 Å². The van der Waals surface area contributed by atoms with Crippen molar-refractivity contribution < 1.29 is 0 Å². The number of likely N-dealkylation sites (N-methyl/N-ethyl adjacent to an activating group) is 1. The van der Waals surface area contributed by atoms with Gasteiger partial charge in [-0.1, -0.05) is 46.3 Å². The fourth-order valence-corrected chi connectivity index (χ4v) is 3.06. The van der Waals surface area contributed by atoms with Crippen molar-refractivity contribution in [1.29, 1.82) is 0 Å². The third kappa shape index (κ3) is 3.31. The Morgan fingerprint density at radius 1 is 1.00 bits per heavy atom. The summed E-state index contributed by atoms with van der Waals surface area (Å²) in [6.45, 7) is 6.56. The second kappa shape index (κ2) is 6.55. The molecule has 2 aromatic carbocycles. The van der Waals surface area contributed by atoms with E-state index < -0.39 is 0 Å². The maximum atomic E-state index is 3.64. The Labute approximate surface area is 130 Å². The molecule has 0 fully saturated rings. The van der Waals surface area contributed by atoms with E-state index in [0.29, 0.717) is 6.04 Å². The van der Waals surface area contributed by atoms with E-state index in [9.17, 15) is 0 Å². The zero-order valence-electron chi connectivity index (χ0n) is 12.6. The fraction of sp³-hybridized carbons (Fsp3) is 0.333. The Balaban J connectivity index is 2.34. The van der Waals surface area contributed by atoms with Gasteiger partial charge < -0.3 is 5.32 Å². The van der Waals surface area contributed by atoms with E-state index in [-0.39, 0.29) is 0 Å². The maximum absolute atomic E-state index is 3.64. The minimum atomic E-state index is 0.341. The van der Waals surface area contributed by atoms with E-state index in [4.69, 9.17) is 0 Å². The average Bonchev–Trinajstić information content (AvgIpc) is 2.42. The van der Waals surface area contributed by atoms with Crippen LogP contribution in [0.15, 0.2) is 40.9 Å². The molecule has 106 valence electrons. The standard InChI is InChI=1S/C18H22BrN/c1-12-9-14(3)16(10-13(12)2)18(20-4)11-15-7-5-6-8-17(15)19/h5-10,18,20H,11H2,1-4H3. The van der Waals surface area contributed by atoms with E-state index in [2.05, 4.69) is 78.4 Å². The number of rotatable bonds is 4. The van der Waals surface area contributed by atoms with E-state index in [0.717, 1.165) is 6.42 Å². The van der Waals surface area contributed by atoms with Gasteiger partial charge in [0.25, 0.3) is 0 Å². The van der Waals surface area contributed by atoms with Gasteiger partial charge in [0.15, 0.2) is 0 Å². The summed E-state index contributed by atoms with van der Waals surface area (Å²) in [5.74, 6) is 0. The third-order valence-electron chi connectivity index (χ3n) is 3.99. The van der Waals surface area contributed by atoms with Crippen molar-refractivity contribution in [3.05, 3.63) is 68.7 Å². The molecule has 0 amide bonds. The highest BCUT2D eigenvalue weighted by molar-refractivity contribution is 9.10. The van der Waals surface area contributed by atoms with Crippen LogP contribution in [0.25, 0.3) is 0 Å². The van der Waals surface area contributed by atoms with Crippen molar-refractivity contribution in [2.24, 2.45) is 0 Å². The molecule has 2 aromatic rings. The van der Waals surface area contributed by atoms with Gasteiger partial charge >= 0.3 is 0 Å². The SMILES string of the molecule is CNC(Cc1ccccc1Br)c1cc(C)c(C)cc1C. The van der Waals surface area contributed by atoms with Gasteiger partial charge in [-0.3, -0.25) is 0 Å². The third-order valence-corrected chi connectivity index (χ3v) is 4.76. The van der Waals surface area contributed by atoms with Crippen molar-refractivity contribution in [3.8, 4) is 0 Å². The molecule has 1 nitrogen and oxygen atoms in total. The van der Waals surface area contributed by atoms with Crippen LogP contribution in [-0.4, -0.2) is 7.05 Å². The Morgan fingerprint density at radius 3 is 2.30 bits per heavy atom. The van der Waals surface area contributed by atoms with Gasteiger partial charge in [-0.25, -0.2) is 0 Å². The molecule has 0 bridgehead atoms. The van der Waals surface area contributed by atoms with Crippen molar-refractivity contribution in [1.82, 2.24) is 5.32 Å². The molecule has 0 saturated heterocycles. The molecule has 20 heavy (non-hydrogen) atoms. The van der Waals surface area contributed by atoms with Crippen LogP contribution in [0.3, 0.4) is 0 Å². The molecule has 2 rings (SSSR count). The minimum absolute atomic E-state index is 0.341. The number of benzene rings is 2. The lowest BCUT2D eigenvalue weighted by atomic mass is 9.92. The summed E-state index contributed by atoms with van der Waals surface area (Å²) in [6.07, 6.45) is 0.987. The summed E-state index contributed by atoms with van der Waals surface area (Å²) in [7, 11) is 2.04. The molecule has 0 aliphatic carbocycles. The predicted octanol–water partition coefficient (Wildman–Crippen LogP) is 4.88. The molecule has 2 heteroatoms. The molecule has 0 radical (unpaired) electrons. The highest BCUT2D eigenvalue weighted by atomic mass is 79.9. The second-order valence-electron chi connectivity index (χ2n) is 5.43. The molecule has 0 aliphatic heterocycles. The lowest BCUT2D eigenvalue weighted by Gasteiger charge is -2.21. The molecule has 0 aromatic heterocycles. The quantitative estimate of drug-likeness (QED) is 0.842. The first-order valence-electron chi connectivity index (χ1n) is 7.01. The zero-order chi connectivity index (χ0) is 14.7. The van der Waals surface area contributed by atoms with Gasteiger partial charge in [0.2, 0.25) is 0 Å². The largest absolute Gasteiger partial charge is 0.313 e. The van der Waals surface area contributed by atoms with Crippen LogP contribution in [0.4, 0.5) is 0 Å². The number of hydrogen-bond donors (Lipinski definition) is 1. The minimum Gasteiger partial charge on any atom is -0.313 e. The first kappa shape index (κ1) is 15.3. The summed E-state index contributed by atoms with van der Waals surface area (Å²) in [6, 6.07) is 13.4. The highest BCUT2D eigenvalue weighted by Gasteiger charge is 2.15. The van der Waals surface area contributed by atoms with Gasteiger partial charge in [0, 0.05) is 10.5 Å². The lowest BCUT2D eigenvalue weighted by Crippen LogP contribution is -2.20. The number of aryl methyl sites for hydroxylation is 3. The molecule has 1 unspecified atom stereocenters. The van der Waals surface area contributed by atoms with Gasteiger partial charge in [-0.05, 0) is 68.1 Å². The summed E-state index contributed by atoms with van der Waals surface area (Å²) in [4.78, 5) is 0. The van der Waals surface area contributed by atoms with Crippen LogP contribution < -0.4 is 5.32 Å². The summed E-state index contributed by atoms with van der Waals surface area (Å²) >= 11 is 3.64. The normalized spacial score (nSPS) is 12.4. The number of hydrogen-bond acceptors (Lipinski definition) is 1. The molecular weight excluding hydrogens is 310 g/mol. The van der Waals surface area contributed by atoms with Gasteiger partial charge in [0.05, 0.1) is 0 Å². The topological polar surface area (TPSA) is 12.0 Å². The zero-order valence-corrected chi connectivity index (χ0v) is 14.2. The first-order valence-corrected chi connectivity index (χ1v) is 7.80. The summed E-state index contributed by atoms with van der Waals surface area (Å²) in [5.41, 5.74) is 6.82. The first-order chi connectivity index (χ1) is 9.52. The van der Waals surface area contributed by atoms with Crippen molar-refractivity contribution in [2.45, 2.75) is 33.2 Å². The number of nitrogens with one attached hydrogen (secondary N) is 1. The van der Waals surface area contributed by atoms with E-state index in [1.807, 2.05) is 7.05 Å². The Kier molecular flexibility index (Phi) is 5.00. The number of halogens is 1. The lowest BCUT2D eigenvalue weighted by molar-refractivity contribution is 0.587. The fourth-order valence-electron chi connectivity index (χ4n) is 2.61. The van der Waals surface area contributed by atoms with Crippen LogP contribution in [0.2, 0.25) is 0 Å². The van der Waals surface area contributed by atoms with Crippen LogP contribution in [0.1, 0.15) is 33.9 Å².